The van der Waals surface area contributed by atoms with Crippen molar-refractivity contribution in [2.75, 3.05) is 38.8 Å². The van der Waals surface area contributed by atoms with E-state index in [1.54, 1.807) is 14.2 Å². The molecule has 0 bridgehead atoms. The fourth-order valence-corrected chi connectivity index (χ4v) is 5.41. The monoisotopic (exact) mass is 406 g/mol. The summed E-state index contributed by atoms with van der Waals surface area (Å²) in [6.45, 7) is 2.91. The van der Waals surface area contributed by atoms with Crippen LogP contribution in [0.2, 0.25) is 0 Å². The highest BCUT2D eigenvalue weighted by atomic mass is 32.2. The highest BCUT2D eigenvalue weighted by Gasteiger charge is 2.27. The van der Waals surface area contributed by atoms with Crippen LogP contribution in [0.25, 0.3) is 0 Å². The minimum Gasteiger partial charge on any atom is -0.497 e. The van der Waals surface area contributed by atoms with Crippen LogP contribution in [-0.4, -0.2) is 55.7 Å². The number of hydrogen-bond acceptors (Lipinski definition) is 5. The van der Waals surface area contributed by atoms with Crippen LogP contribution in [0.1, 0.15) is 44.1 Å². The summed E-state index contributed by atoms with van der Waals surface area (Å²) < 4.78 is 10.6. The number of carbonyl (C=O) groups excluding carboxylic acids is 1. The minimum atomic E-state index is 0.129. The normalized spacial score (nSPS) is 21.3. The van der Waals surface area contributed by atoms with E-state index in [0.29, 0.717) is 18.9 Å². The van der Waals surface area contributed by atoms with Crippen LogP contribution in [0.15, 0.2) is 18.2 Å². The highest BCUT2D eigenvalue weighted by Crippen LogP contribution is 2.28. The number of benzene rings is 1. The Bertz CT molecular complexity index is 634. The molecule has 0 unspecified atom stereocenters. The predicted octanol–water partition coefficient (Wildman–Crippen LogP) is 3.71. The Hall–Kier alpha value is -1.40. The van der Waals surface area contributed by atoms with E-state index in [1.165, 1.54) is 50.3 Å². The number of rotatable bonds is 8. The standard InChI is InChI=1S/C22H34N2O3S/c1-26-20-7-6-18(21(14-20)27-2)15-23-22(25)8-5-17-4-3-11-24(16-17)19-9-12-28-13-10-19/h6-7,14,17,19H,3-5,8-13,15-16H2,1-2H3,(H,23,25)/t17-/m0/s1. The Kier molecular flexibility index (Phi) is 8.34. The molecule has 2 saturated heterocycles. The van der Waals surface area contributed by atoms with Gasteiger partial charge < -0.3 is 19.7 Å². The zero-order valence-electron chi connectivity index (χ0n) is 17.2. The molecule has 2 fully saturated rings. The van der Waals surface area contributed by atoms with Gasteiger partial charge in [-0.25, -0.2) is 0 Å². The molecule has 1 N–H and O–H groups in total. The van der Waals surface area contributed by atoms with E-state index in [0.717, 1.165) is 29.5 Å². The van der Waals surface area contributed by atoms with Crippen molar-refractivity contribution in [2.24, 2.45) is 5.92 Å². The SMILES string of the molecule is COc1ccc(CNC(=O)CC[C@@H]2CCCN(C3CCSCC3)C2)c(OC)c1. The number of piperidine rings is 1. The van der Waals surface area contributed by atoms with Gasteiger partial charge in [0.15, 0.2) is 0 Å². The maximum atomic E-state index is 12.4. The van der Waals surface area contributed by atoms with E-state index >= 15 is 0 Å². The summed E-state index contributed by atoms with van der Waals surface area (Å²) in [6.07, 6.45) is 6.81. The van der Waals surface area contributed by atoms with Crippen LogP contribution in [0.3, 0.4) is 0 Å². The molecule has 1 aromatic carbocycles. The fraction of sp³-hybridized carbons (Fsp3) is 0.682. The first-order valence-corrected chi connectivity index (χ1v) is 11.6. The number of thioether (sulfide) groups is 1. The van der Waals surface area contributed by atoms with Gasteiger partial charge in [0, 0.05) is 37.2 Å². The molecule has 2 aliphatic rings. The number of hydrogen-bond donors (Lipinski definition) is 1. The smallest absolute Gasteiger partial charge is 0.220 e. The van der Waals surface area contributed by atoms with Crippen molar-refractivity contribution in [1.29, 1.82) is 0 Å². The van der Waals surface area contributed by atoms with Crippen molar-refractivity contribution in [3.8, 4) is 11.5 Å². The Morgan fingerprint density at radius 2 is 2.04 bits per heavy atom. The van der Waals surface area contributed by atoms with Crippen molar-refractivity contribution in [3.05, 3.63) is 23.8 Å². The molecular weight excluding hydrogens is 372 g/mol. The van der Waals surface area contributed by atoms with Crippen LogP contribution in [0, 0.1) is 5.92 Å². The van der Waals surface area contributed by atoms with Gasteiger partial charge in [-0.15, -0.1) is 0 Å². The molecule has 1 amide bonds. The van der Waals surface area contributed by atoms with E-state index in [9.17, 15) is 4.79 Å². The second-order valence-corrected chi connectivity index (χ2v) is 9.06. The Balaban J connectivity index is 1.41. The third kappa shape index (κ3) is 6.05. The zero-order chi connectivity index (χ0) is 19.8. The molecule has 1 aromatic rings. The van der Waals surface area contributed by atoms with Crippen molar-refractivity contribution in [1.82, 2.24) is 10.2 Å². The average molecular weight is 407 g/mol. The molecular formula is C22H34N2O3S. The van der Waals surface area contributed by atoms with Gasteiger partial charge in [0.25, 0.3) is 0 Å². The number of methoxy groups -OCH3 is 2. The molecule has 3 rings (SSSR count). The van der Waals surface area contributed by atoms with Crippen LogP contribution in [0.5, 0.6) is 11.5 Å². The summed E-state index contributed by atoms with van der Waals surface area (Å²) >= 11 is 2.09. The first kappa shape index (κ1) is 21.3. The molecule has 0 spiro atoms. The third-order valence-electron chi connectivity index (χ3n) is 6.01. The lowest BCUT2D eigenvalue weighted by atomic mass is 9.91. The summed E-state index contributed by atoms with van der Waals surface area (Å²) in [4.78, 5) is 15.1. The lowest BCUT2D eigenvalue weighted by molar-refractivity contribution is -0.121. The quantitative estimate of drug-likeness (QED) is 0.713. The van der Waals surface area contributed by atoms with E-state index in [-0.39, 0.29) is 5.91 Å². The van der Waals surface area contributed by atoms with Gasteiger partial charge >= 0.3 is 0 Å². The van der Waals surface area contributed by atoms with Crippen molar-refractivity contribution >= 4 is 17.7 Å². The van der Waals surface area contributed by atoms with Gasteiger partial charge in [-0.05, 0) is 68.2 Å². The first-order valence-electron chi connectivity index (χ1n) is 10.5. The molecule has 0 radical (unpaired) electrons. The average Bonchev–Trinajstić information content (AvgIpc) is 2.77. The predicted molar refractivity (Wildman–Crippen MR) is 115 cm³/mol. The molecule has 2 aliphatic heterocycles. The summed E-state index contributed by atoms with van der Waals surface area (Å²) in [7, 11) is 3.27. The fourth-order valence-electron chi connectivity index (χ4n) is 4.33. The number of nitrogens with zero attached hydrogens (tertiary/aromatic N) is 1. The minimum absolute atomic E-state index is 0.129. The van der Waals surface area contributed by atoms with Gasteiger partial charge in [0.1, 0.15) is 11.5 Å². The maximum absolute atomic E-state index is 12.4. The number of likely N-dealkylation sites (tertiary alicyclic amines) is 1. The van der Waals surface area contributed by atoms with Crippen molar-refractivity contribution in [3.63, 3.8) is 0 Å². The van der Waals surface area contributed by atoms with E-state index in [4.69, 9.17) is 9.47 Å². The summed E-state index contributed by atoms with van der Waals surface area (Å²) in [5.74, 6) is 4.90. The van der Waals surface area contributed by atoms with Crippen molar-refractivity contribution in [2.45, 2.75) is 51.1 Å². The third-order valence-corrected chi connectivity index (χ3v) is 7.06. The lowest BCUT2D eigenvalue weighted by Crippen LogP contribution is -2.44. The zero-order valence-corrected chi connectivity index (χ0v) is 18.1. The Morgan fingerprint density at radius 3 is 2.79 bits per heavy atom. The van der Waals surface area contributed by atoms with Crippen LogP contribution in [-0.2, 0) is 11.3 Å². The highest BCUT2D eigenvalue weighted by molar-refractivity contribution is 7.99. The van der Waals surface area contributed by atoms with Crippen molar-refractivity contribution < 1.29 is 14.3 Å². The van der Waals surface area contributed by atoms with Crippen LogP contribution >= 0.6 is 11.8 Å². The van der Waals surface area contributed by atoms with Gasteiger partial charge in [0.2, 0.25) is 5.91 Å². The molecule has 156 valence electrons. The van der Waals surface area contributed by atoms with Crippen LogP contribution < -0.4 is 14.8 Å². The first-order chi connectivity index (χ1) is 13.7. The van der Waals surface area contributed by atoms with E-state index in [1.807, 2.05) is 18.2 Å². The van der Waals surface area contributed by atoms with E-state index < -0.39 is 0 Å². The summed E-state index contributed by atoms with van der Waals surface area (Å²) in [6, 6.07) is 6.46. The van der Waals surface area contributed by atoms with Gasteiger partial charge in [0.05, 0.1) is 14.2 Å². The number of nitrogens with one attached hydrogen (secondary N) is 1. The van der Waals surface area contributed by atoms with Crippen LogP contribution in [0.4, 0.5) is 0 Å². The molecule has 6 heteroatoms. The summed E-state index contributed by atoms with van der Waals surface area (Å²) in [5.41, 5.74) is 0.968. The second-order valence-electron chi connectivity index (χ2n) is 7.84. The molecule has 0 aliphatic carbocycles. The topological polar surface area (TPSA) is 50.8 Å². The molecule has 1 atom stereocenters. The van der Waals surface area contributed by atoms with E-state index in [2.05, 4.69) is 22.0 Å². The lowest BCUT2D eigenvalue weighted by Gasteiger charge is -2.40. The maximum Gasteiger partial charge on any atom is 0.220 e. The van der Waals surface area contributed by atoms with Gasteiger partial charge in [-0.3, -0.25) is 4.79 Å². The van der Waals surface area contributed by atoms with Gasteiger partial charge in [-0.2, -0.15) is 11.8 Å². The number of ether oxygens (including phenoxy) is 2. The Labute approximate surface area is 173 Å². The molecule has 2 heterocycles. The second kappa shape index (κ2) is 11.0. The molecule has 5 nitrogen and oxygen atoms in total. The van der Waals surface area contributed by atoms with Gasteiger partial charge in [-0.1, -0.05) is 0 Å². The largest absolute Gasteiger partial charge is 0.497 e. The summed E-state index contributed by atoms with van der Waals surface area (Å²) in [5, 5.41) is 3.05. The number of carbonyl (C=O) groups is 1. The molecule has 28 heavy (non-hydrogen) atoms. The molecule has 0 aromatic heterocycles. The number of amides is 1. The molecule has 0 saturated carbocycles. The Morgan fingerprint density at radius 1 is 1.21 bits per heavy atom.